The first-order valence-electron chi connectivity index (χ1n) is 6.81. The van der Waals surface area contributed by atoms with Crippen LogP contribution in [0.4, 0.5) is 19.1 Å². The second-order valence-corrected chi connectivity index (χ2v) is 5.44. The third-order valence-electron chi connectivity index (χ3n) is 3.33. The van der Waals surface area contributed by atoms with Gasteiger partial charge >= 0.3 is 6.18 Å². The summed E-state index contributed by atoms with van der Waals surface area (Å²) in [5.41, 5.74) is 4.57. The number of alkyl halides is 3. The predicted molar refractivity (Wildman–Crippen MR) is 77.2 cm³/mol. The number of carbonyl (C=O) groups is 1. The van der Waals surface area contributed by atoms with Crippen molar-refractivity contribution < 1.29 is 18.0 Å². The van der Waals surface area contributed by atoms with Crippen LogP contribution in [0.1, 0.15) is 32.3 Å². The van der Waals surface area contributed by atoms with E-state index in [0.717, 1.165) is 18.6 Å². The van der Waals surface area contributed by atoms with Crippen LogP contribution in [-0.4, -0.2) is 21.4 Å². The number of anilines is 1. The summed E-state index contributed by atoms with van der Waals surface area (Å²) in [6.07, 6.45) is -3.22. The van der Waals surface area contributed by atoms with Crippen molar-refractivity contribution in [1.29, 1.82) is 0 Å². The van der Waals surface area contributed by atoms with Crippen LogP contribution in [0.15, 0.2) is 18.2 Å². The Balaban J connectivity index is 2.25. The highest BCUT2D eigenvalue weighted by Gasteiger charge is 2.31. The second-order valence-electron chi connectivity index (χ2n) is 5.44. The number of imidazole rings is 1. The Labute approximate surface area is 125 Å². The van der Waals surface area contributed by atoms with Gasteiger partial charge in [0.05, 0.1) is 22.1 Å². The molecule has 1 unspecified atom stereocenters. The summed E-state index contributed by atoms with van der Waals surface area (Å²) in [6.45, 7) is 3.49. The van der Waals surface area contributed by atoms with Gasteiger partial charge in [0.25, 0.3) is 0 Å². The number of amides is 1. The molecule has 1 aromatic heterocycles. The van der Waals surface area contributed by atoms with Crippen LogP contribution < -0.4 is 11.1 Å². The maximum absolute atomic E-state index is 12.7. The minimum absolute atomic E-state index is 0.0760. The van der Waals surface area contributed by atoms with E-state index in [4.69, 9.17) is 5.73 Å². The van der Waals surface area contributed by atoms with Gasteiger partial charge in [0, 0.05) is 0 Å². The van der Waals surface area contributed by atoms with E-state index in [-0.39, 0.29) is 11.5 Å². The Morgan fingerprint density at radius 1 is 1.41 bits per heavy atom. The van der Waals surface area contributed by atoms with Crippen molar-refractivity contribution in [3.05, 3.63) is 23.8 Å². The Morgan fingerprint density at radius 3 is 2.68 bits per heavy atom. The van der Waals surface area contributed by atoms with E-state index in [2.05, 4.69) is 15.3 Å². The number of rotatable bonds is 4. The van der Waals surface area contributed by atoms with E-state index in [1.807, 2.05) is 6.92 Å². The molecule has 5 nitrogen and oxygen atoms in total. The van der Waals surface area contributed by atoms with E-state index in [1.165, 1.54) is 6.07 Å². The summed E-state index contributed by atoms with van der Waals surface area (Å²) in [7, 11) is 0. The number of nitrogens with two attached hydrogens (primary N) is 1. The fourth-order valence-corrected chi connectivity index (χ4v) is 2.13. The molecule has 1 amide bonds. The van der Waals surface area contributed by atoms with E-state index in [1.54, 1.807) is 6.92 Å². The average molecular weight is 314 g/mol. The zero-order valence-electron chi connectivity index (χ0n) is 12.2. The van der Waals surface area contributed by atoms with Crippen molar-refractivity contribution in [3.63, 3.8) is 0 Å². The van der Waals surface area contributed by atoms with Crippen LogP contribution in [0, 0.1) is 0 Å². The van der Waals surface area contributed by atoms with Crippen molar-refractivity contribution in [2.24, 2.45) is 5.73 Å². The molecule has 0 aliphatic heterocycles. The van der Waals surface area contributed by atoms with E-state index >= 15 is 0 Å². The van der Waals surface area contributed by atoms with Crippen molar-refractivity contribution in [2.45, 2.75) is 38.4 Å². The standard InChI is InChI=1S/C14H17F3N4O/c1-3-6-13(2,18)11(22)21-12-19-9-5-4-8(14(15,16)17)7-10(9)20-12/h4-5,7H,3,6,18H2,1-2H3,(H2,19,20,21,22). The molecule has 4 N–H and O–H groups in total. The normalized spacial score (nSPS) is 14.8. The number of carbonyl (C=O) groups excluding carboxylic acids is 1. The first-order chi connectivity index (χ1) is 10.1. The lowest BCUT2D eigenvalue weighted by Gasteiger charge is -2.21. The Hall–Kier alpha value is -2.09. The van der Waals surface area contributed by atoms with Crippen LogP contribution in [-0.2, 0) is 11.0 Å². The third kappa shape index (κ3) is 3.38. The van der Waals surface area contributed by atoms with Gasteiger partial charge in [0.1, 0.15) is 0 Å². The number of aromatic nitrogens is 2. The molecule has 2 rings (SSSR count). The average Bonchev–Trinajstić information content (AvgIpc) is 2.78. The maximum Gasteiger partial charge on any atom is 0.416 e. The Morgan fingerprint density at radius 2 is 2.09 bits per heavy atom. The molecule has 1 atom stereocenters. The minimum atomic E-state index is -4.43. The van der Waals surface area contributed by atoms with E-state index in [9.17, 15) is 18.0 Å². The first kappa shape index (κ1) is 16.3. The van der Waals surface area contributed by atoms with E-state index in [0.29, 0.717) is 11.9 Å². The van der Waals surface area contributed by atoms with Gasteiger partial charge in [-0.15, -0.1) is 0 Å². The van der Waals surface area contributed by atoms with Gasteiger partial charge in [-0.3, -0.25) is 10.1 Å². The van der Waals surface area contributed by atoms with Crippen LogP contribution in [0.2, 0.25) is 0 Å². The van der Waals surface area contributed by atoms with Crippen molar-refractivity contribution in [2.75, 3.05) is 5.32 Å². The monoisotopic (exact) mass is 314 g/mol. The van der Waals surface area contributed by atoms with E-state index < -0.39 is 23.2 Å². The smallest absolute Gasteiger partial charge is 0.324 e. The maximum atomic E-state index is 12.7. The van der Waals surface area contributed by atoms with Gasteiger partial charge < -0.3 is 10.7 Å². The molecule has 0 aliphatic carbocycles. The summed E-state index contributed by atoms with van der Waals surface area (Å²) in [4.78, 5) is 18.7. The zero-order chi connectivity index (χ0) is 16.5. The van der Waals surface area contributed by atoms with Gasteiger partial charge in [-0.1, -0.05) is 13.3 Å². The molecule has 22 heavy (non-hydrogen) atoms. The molecular formula is C14H17F3N4O. The second kappa shape index (κ2) is 5.60. The fraction of sp³-hybridized carbons (Fsp3) is 0.429. The lowest BCUT2D eigenvalue weighted by Crippen LogP contribution is -2.48. The Kier molecular flexibility index (Phi) is 4.15. The van der Waals surface area contributed by atoms with Crippen LogP contribution >= 0.6 is 0 Å². The number of benzene rings is 1. The summed E-state index contributed by atoms with van der Waals surface area (Å²) >= 11 is 0. The highest BCUT2D eigenvalue weighted by Crippen LogP contribution is 2.31. The summed E-state index contributed by atoms with van der Waals surface area (Å²) in [5, 5.41) is 2.50. The number of aromatic amines is 1. The zero-order valence-corrected chi connectivity index (χ0v) is 12.2. The van der Waals surface area contributed by atoms with Gasteiger partial charge in [0.2, 0.25) is 11.9 Å². The van der Waals surface area contributed by atoms with Crippen molar-refractivity contribution in [3.8, 4) is 0 Å². The summed E-state index contributed by atoms with van der Waals surface area (Å²) < 4.78 is 38.0. The summed E-state index contributed by atoms with van der Waals surface area (Å²) in [6, 6.07) is 3.14. The molecule has 120 valence electrons. The molecule has 0 saturated heterocycles. The molecule has 1 heterocycles. The number of hydrogen-bond acceptors (Lipinski definition) is 3. The van der Waals surface area contributed by atoms with Crippen molar-refractivity contribution in [1.82, 2.24) is 9.97 Å². The molecule has 0 radical (unpaired) electrons. The predicted octanol–water partition coefficient (Wildman–Crippen LogP) is 3.04. The SMILES string of the molecule is CCCC(C)(N)C(=O)Nc1nc2ccc(C(F)(F)F)cc2[nH]1. The largest absolute Gasteiger partial charge is 0.416 e. The van der Waals surface area contributed by atoms with Gasteiger partial charge in [0.15, 0.2) is 0 Å². The highest BCUT2D eigenvalue weighted by atomic mass is 19.4. The van der Waals surface area contributed by atoms with Crippen LogP contribution in [0.5, 0.6) is 0 Å². The lowest BCUT2D eigenvalue weighted by atomic mass is 9.97. The fourth-order valence-electron chi connectivity index (χ4n) is 2.13. The molecule has 0 aliphatic rings. The number of nitrogens with zero attached hydrogens (tertiary/aromatic N) is 1. The minimum Gasteiger partial charge on any atom is -0.324 e. The number of hydrogen-bond donors (Lipinski definition) is 3. The molecule has 2 aromatic rings. The number of halogens is 3. The molecule has 0 bridgehead atoms. The molecule has 0 spiro atoms. The highest BCUT2D eigenvalue weighted by molar-refractivity contribution is 5.97. The first-order valence-corrected chi connectivity index (χ1v) is 6.81. The Bertz CT molecular complexity index is 691. The van der Waals surface area contributed by atoms with Gasteiger partial charge in [-0.25, -0.2) is 4.98 Å². The molecule has 0 saturated carbocycles. The van der Waals surface area contributed by atoms with Crippen LogP contribution in [0.3, 0.4) is 0 Å². The molecular weight excluding hydrogens is 297 g/mol. The van der Waals surface area contributed by atoms with Gasteiger partial charge in [-0.2, -0.15) is 13.2 Å². The molecule has 8 heteroatoms. The van der Waals surface area contributed by atoms with Crippen molar-refractivity contribution >= 4 is 22.9 Å². The number of fused-ring (bicyclic) bond motifs is 1. The number of H-pyrrole nitrogens is 1. The topological polar surface area (TPSA) is 83.8 Å². The van der Waals surface area contributed by atoms with Crippen LogP contribution in [0.25, 0.3) is 11.0 Å². The van der Waals surface area contributed by atoms with Gasteiger partial charge in [-0.05, 0) is 31.5 Å². The number of nitrogens with one attached hydrogen (secondary N) is 2. The lowest BCUT2D eigenvalue weighted by molar-refractivity contribution is -0.137. The molecule has 1 aromatic carbocycles. The quantitative estimate of drug-likeness (QED) is 0.811. The third-order valence-corrected chi connectivity index (χ3v) is 3.33. The summed E-state index contributed by atoms with van der Waals surface area (Å²) in [5.74, 6) is -0.364. The molecule has 0 fully saturated rings.